The van der Waals surface area contributed by atoms with E-state index in [0.717, 1.165) is 12.8 Å². The molecule has 2 atom stereocenters. The predicted molar refractivity (Wildman–Crippen MR) is 112 cm³/mol. The summed E-state index contributed by atoms with van der Waals surface area (Å²) in [4.78, 5) is 0. The van der Waals surface area contributed by atoms with Crippen molar-refractivity contribution in [2.24, 2.45) is 0 Å². The zero-order chi connectivity index (χ0) is 19.2. The third kappa shape index (κ3) is 9.73. The molecule has 1 aliphatic rings. The number of hydrogen-bond donors (Lipinski definition) is 1. The Morgan fingerprint density at radius 1 is 0.815 bits per heavy atom. The van der Waals surface area contributed by atoms with E-state index in [1.54, 1.807) is 0 Å². The Morgan fingerprint density at radius 3 is 1.93 bits per heavy atom. The fourth-order valence-electron chi connectivity index (χ4n) is 3.73. The van der Waals surface area contributed by atoms with Crippen LogP contribution in [0, 0.1) is 0 Å². The molecule has 1 N–H and O–H groups in total. The van der Waals surface area contributed by atoms with E-state index in [2.05, 4.69) is 31.2 Å². The van der Waals surface area contributed by atoms with Crippen molar-refractivity contribution in [1.29, 1.82) is 0 Å². The highest BCUT2D eigenvalue weighted by atomic mass is 16.7. The molecule has 154 valence electrons. The first kappa shape index (κ1) is 22.4. The molecule has 27 heavy (non-hydrogen) atoms. The molecular formula is C24H40O3. The average Bonchev–Trinajstić information content (AvgIpc) is 3.16. The number of aryl methyl sites for hydroxylation is 2. The molecule has 1 aromatic carbocycles. The first-order chi connectivity index (χ1) is 13.3. The summed E-state index contributed by atoms with van der Waals surface area (Å²) in [5.74, 6) is 0. The smallest absolute Gasteiger partial charge is 0.158 e. The number of ether oxygens (including phenoxy) is 2. The summed E-state index contributed by atoms with van der Waals surface area (Å²) in [6, 6.07) is 9.30. The minimum atomic E-state index is -0.112. The Bertz CT molecular complexity index is 471. The lowest BCUT2D eigenvalue weighted by molar-refractivity contribution is -0.0701. The molecule has 2 rings (SSSR count). The molecule has 2 unspecified atom stereocenters. The zero-order valence-electron chi connectivity index (χ0n) is 17.3. The van der Waals surface area contributed by atoms with Gasteiger partial charge in [0.2, 0.25) is 0 Å². The molecule has 0 amide bonds. The summed E-state index contributed by atoms with van der Waals surface area (Å²) in [5, 5.41) is 9.03. The molecular weight excluding hydrogens is 336 g/mol. The van der Waals surface area contributed by atoms with E-state index in [1.807, 2.05) is 0 Å². The van der Waals surface area contributed by atoms with E-state index in [0.29, 0.717) is 6.61 Å². The summed E-state index contributed by atoms with van der Waals surface area (Å²) < 4.78 is 11.1. The van der Waals surface area contributed by atoms with Gasteiger partial charge in [0, 0.05) is 0 Å². The summed E-state index contributed by atoms with van der Waals surface area (Å²) in [7, 11) is 0. The van der Waals surface area contributed by atoms with Crippen molar-refractivity contribution < 1.29 is 14.6 Å². The number of benzene rings is 1. The molecule has 0 aliphatic carbocycles. The van der Waals surface area contributed by atoms with E-state index >= 15 is 0 Å². The normalized spacial score (nSPS) is 19.6. The Kier molecular flexibility index (Phi) is 11.7. The van der Waals surface area contributed by atoms with E-state index in [1.165, 1.54) is 81.8 Å². The van der Waals surface area contributed by atoms with Crippen LogP contribution in [-0.4, -0.2) is 30.7 Å². The molecule has 0 aromatic heterocycles. The Balaban J connectivity index is 1.46. The maximum atomic E-state index is 9.03. The SMILES string of the molecule is CCCCCCCCc1ccc(CCCCCCC2OCC(CO)O2)cc1. The highest BCUT2D eigenvalue weighted by molar-refractivity contribution is 5.22. The largest absolute Gasteiger partial charge is 0.394 e. The number of aliphatic hydroxyl groups is 1. The minimum Gasteiger partial charge on any atom is -0.394 e. The van der Waals surface area contributed by atoms with Gasteiger partial charge in [-0.2, -0.15) is 0 Å². The molecule has 0 spiro atoms. The van der Waals surface area contributed by atoms with Gasteiger partial charge in [0.1, 0.15) is 6.10 Å². The van der Waals surface area contributed by atoms with Gasteiger partial charge < -0.3 is 14.6 Å². The van der Waals surface area contributed by atoms with Gasteiger partial charge >= 0.3 is 0 Å². The van der Waals surface area contributed by atoms with Gasteiger partial charge in [0.05, 0.1) is 13.2 Å². The van der Waals surface area contributed by atoms with Crippen molar-refractivity contribution in [2.75, 3.05) is 13.2 Å². The lowest BCUT2D eigenvalue weighted by atomic mass is 10.0. The maximum absolute atomic E-state index is 9.03. The predicted octanol–water partition coefficient (Wildman–Crippen LogP) is 5.82. The van der Waals surface area contributed by atoms with Gasteiger partial charge in [-0.3, -0.25) is 0 Å². The zero-order valence-corrected chi connectivity index (χ0v) is 17.3. The summed E-state index contributed by atoms with van der Waals surface area (Å²) >= 11 is 0. The van der Waals surface area contributed by atoms with Crippen LogP contribution in [0.25, 0.3) is 0 Å². The van der Waals surface area contributed by atoms with Crippen LogP contribution in [0.2, 0.25) is 0 Å². The van der Waals surface area contributed by atoms with Gasteiger partial charge in [0.15, 0.2) is 6.29 Å². The van der Waals surface area contributed by atoms with Crippen LogP contribution in [0.4, 0.5) is 0 Å². The molecule has 0 bridgehead atoms. The van der Waals surface area contributed by atoms with Crippen LogP contribution in [0.3, 0.4) is 0 Å². The van der Waals surface area contributed by atoms with E-state index in [-0.39, 0.29) is 19.0 Å². The fourth-order valence-corrected chi connectivity index (χ4v) is 3.73. The molecule has 1 aliphatic heterocycles. The fraction of sp³-hybridized carbons (Fsp3) is 0.750. The molecule has 1 saturated heterocycles. The van der Waals surface area contributed by atoms with Crippen molar-refractivity contribution in [3.63, 3.8) is 0 Å². The van der Waals surface area contributed by atoms with E-state index in [4.69, 9.17) is 14.6 Å². The van der Waals surface area contributed by atoms with Gasteiger partial charge in [-0.25, -0.2) is 0 Å². The minimum absolute atomic E-state index is 0.0637. The Morgan fingerprint density at radius 2 is 1.37 bits per heavy atom. The summed E-state index contributed by atoms with van der Waals surface area (Å²) in [6.07, 6.45) is 16.2. The van der Waals surface area contributed by atoms with Crippen LogP contribution in [0.1, 0.15) is 88.7 Å². The van der Waals surface area contributed by atoms with Crippen molar-refractivity contribution in [2.45, 2.75) is 103 Å². The second-order valence-corrected chi connectivity index (χ2v) is 7.99. The number of aliphatic hydroxyl groups excluding tert-OH is 1. The lowest BCUT2D eigenvalue weighted by Crippen LogP contribution is -2.16. The molecule has 0 radical (unpaired) electrons. The van der Waals surface area contributed by atoms with Crippen LogP contribution in [0.5, 0.6) is 0 Å². The Hall–Kier alpha value is -0.900. The number of unbranched alkanes of at least 4 members (excludes halogenated alkanes) is 8. The molecule has 3 nitrogen and oxygen atoms in total. The number of rotatable bonds is 15. The van der Waals surface area contributed by atoms with Crippen LogP contribution < -0.4 is 0 Å². The van der Waals surface area contributed by atoms with E-state index < -0.39 is 0 Å². The van der Waals surface area contributed by atoms with Crippen molar-refractivity contribution in [3.05, 3.63) is 35.4 Å². The average molecular weight is 377 g/mol. The second-order valence-electron chi connectivity index (χ2n) is 7.99. The maximum Gasteiger partial charge on any atom is 0.158 e. The van der Waals surface area contributed by atoms with Crippen LogP contribution in [0.15, 0.2) is 24.3 Å². The highest BCUT2D eigenvalue weighted by Gasteiger charge is 2.24. The van der Waals surface area contributed by atoms with Gasteiger partial charge in [-0.15, -0.1) is 0 Å². The second kappa shape index (κ2) is 14.1. The quantitative estimate of drug-likeness (QED) is 0.392. The summed E-state index contributed by atoms with van der Waals surface area (Å²) in [5.41, 5.74) is 2.96. The molecule has 0 saturated carbocycles. The van der Waals surface area contributed by atoms with Crippen LogP contribution in [-0.2, 0) is 22.3 Å². The van der Waals surface area contributed by atoms with Gasteiger partial charge in [0.25, 0.3) is 0 Å². The van der Waals surface area contributed by atoms with Crippen LogP contribution >= 0.6 is 0 Å². The standard InChI is InChI=1S/C24H40O3/c1-2-3-4-5-6-9-12-21-15-17-22(18-16-21)13-10-7-8-11-14-24-26-20-23(19-25)27-24/h15-18,23-25H,2-14,19-20H2,1H3. The molecule has 3 heteroatoms. The van der Waals surface area contributed by atoms with E-state index in [9.17, 15) is 0 Å². The van der Waals surface area contributed by atoms with Crippen molar-refractivity contribution >= 4 is 0 Å². The van der Waals surface area contributed by atoms with Crippen molar-refractivity contribution in [1.82, 2.24) is 0 Å². The monoisotopic (exact) mass is 376 g/mol. The number of hydrogen-bond acceptors (Lipinski definition) is 3. The van der Waals surface area contributed by atoms with Gasteiger partial charge in [-0.1, -0.05) is 76.1 Å². The Labute approximate surface area is 166 Å². The molecule has 1 aromatic rings. The third-order valence-corrected chi connectivity index (χ3v) is 5.51. The lowest BCUT2D eigenvalue weighted by Gasteiger charge is -2.10. The first-order valence-electron chi connectivity index (χ1n) is 11.3. The topological polar surface area (TPSA) is 38.7 Å². The van der Waals surface area contributed by atoms with Gasteiger partial charge in [-0.05, 0) is 49.7 Å². The molecule has 1 heterocycles. The third-order valence-electron chi connectivity index (χ3n) is 5.51. The molecule has 1 fully saturated rings. The highest BCUT2D eigenvalue weighted by Crippen LogP contribution is 2.18. The van der Waals surface area contributed by atoms with Crippen molar-refractivity contribution in [3.8, 4) is 0 Å². The summed E-state index contributed by atoms with van der Waals surface area (Å²) in [6.45, 7) is 2.88. The first-order valence-corrected chi connectivity index (χ1v) is 11.3.